The molecule has 1 heterocycles. The number of rotatable bonds is 7. The van der Waals surface area contributed by atoms with E-state index in [2.05, 4.69) is 5.32 Å². The van der Waals surface area contributed by atoms with Crippen LogP contribution in [0.2, 0.25) is 0 Å². The molecule has 6 nitrogen and oxygen atoms in total. The van der Waals surface area contributed by atoms with E-state index in [9.17, 15) is 9.59 Å². The fraction of sp³-hybridized carbons (Fsp3) is 0.529. The van der Waals surface area contributed by atoms with Gasteiger partial charge in [-0.3, -0.25) is 9.59 Å². The standard InChI is InChI=1S/C17H24N2O4/c1-5-17(2,19-10-9-14(19)20)16(21)18-11-12-7-6-8-13(22-3)15(12)23-4/h6-8H,5,9-11H2,1-4H3,(H,18,21). The largest absolute Gasteiger partial charge is 0.493 e. The van der Waals surface area contributed by atoms with Crippen molar-refractivity contribution in [3.63, 3.8) is 0 Å². The van der Waals surface area contributed by atoms with E-state index < -0.39 is 5.54 Å². The lowest BCUT2D eigenvalue weighted by Crippen LogP contribution is -2.63. The lowest BCUT2D eigenvalue weighted by molar-refractivity contribution is -0.156. The lowest BCUT2D eigenvalue weighted by atomic mass is 9.91. The second-order valence-electron chi connectivity index (χ2n) is 5.76. The molecular weight excluding hydrogens is 296 g/mol. The van der Waals surface area contributed by atoms with Crippen LogP contribution in [0.25, 0.3) is 0 Å². The van der Waals surface area contributed by atoms with Crippen molar-refractivity contribution < 1.29 is 19.1 Å². The van der Waals surface area contributed by atoms with Crippen molar-refractivity contribution in [2.45, 2.75) is 38.8 Å². The van der Waals surface area contributed by atoms with Crippen LogP contribution in [-0.4, -0.2) is 43.0 Å². The minimum absolute atomic E-state index is 0.0310. The average molecular weight is 320 g/mol. The highest BCUT2D eigenvalue weighted by molar-refractivity contribution is 5.93. The minimum Gasteiger partial charge on any atom is -0.493 e. The number of likely N-dealkylation sites (tertiary alicyclic amines) is 1. The van der Waals surface area contributed by atoms with Crippen molar-refractivity contribution in [2.24, 2.45) is 0 Å². The smallest absolute Gasteiger partial charge is 0.245 e. The van der Waals surface area contributed by atoms with Crippen LogP contribution in [0.15, 0.2) is 18.2 Å². The molecule has 1 N–H and O–H groups in total. The molecular formula is C17H24N2O4. The number of ether oxygens (including phenoxy) is 2. The van der Waals surface area contributed by atoms with Crippen LogP contribution in [0.4, 0.5) is 0 Å². The molecule has 2 amide bonds. The van der Waals surface area contributed by atoms with Crippen LogP contribution < -0.4 is 14.8 Å². The average Bonchev–Trinajstić information content (AvgIpc) is 2.57. The van der Waals surface area contributed by atoms with Crippen molar-refractivity contribution >= 4 is 11.8 Å². The van der Waals surface area contributed by atoms with Gasteiger partial charge in [-0.05, 0) is 19.4 Å². The summed E-state index contributed by atoms with van der Waals surface area (Å²) >= 11 is 0. The predicted molar refractivity (Wildman–Crippen MR) is 86.4 cm³/mol. The van der Waals surface area contributed by atoms with E-state index >= 15 is 0 Å². The molecule has 1 fully saturated rings. The SMILES string of the molecule is CCC(C)(C(=O)NCc1cccc(OC)c1OC)N1CCC1=O. The summed E-state index contributed by atoms with van der Waals surface area (Å²) in [5, 5.41) is 2.92. The molecule has 1 unspecified atom stereocenters. The molecule has 1 saturated heterocycles. The van der Waals surface area contributed by atoms with Crippen LogP contribution in [0.3, 0.4) is 0 Å². The maximum absolute atomic E-state index is 12.6. The maximum Gasteiger partial charge on any atom is 0.245 e. The van der Waals surface area contributed by atoms with Gasteiger partial charge in [0.25, 0.3) is 0 Å². The van der Waals surface area contributed by atoms with E-state index in [0.717, 1.165) is 5.56 Å². The van der Waals surface area contributed by atoms with Crippen LogP contribution in [0.1, 0.15) is 32.3 Å². The van der Waals surface area contributed by atoms with Crippen molar-refractivity contribution in [3.8, 4) is 11.5 Å². The Morgan fingerprint density at radius 3 is 2.57 bits per heavy atom. The summed E-state index contributed by atoms with van der Waals surface area (Å²) in [7, 11) is 3.14. The number of para-hydroxylation sites is 1. The van der Waals surface area contributed by atoms with Gasteiger partial charge in [0.1, 0.15) is 5.54 Å². The Hall–Kier alpha value is -2.24. The summed E-state index contributed by atoms with van der Waals surface area (Å²) in [6.45, 7) is 4.68. The Morgan fingerprint density at radius 2 is 2.09 bits per heavy atom. The molecule has 1 atom stereocenters. The number of amides is 2. The molecule has 1 aromatic rings. The molecule has 126 valence electrons. The second-order valence-corrected chi connectivity index (χ2v) is 5.76. The Morgan fingerprint density at radius 1 is 1.35 bits per heavy atom. The molecule has 1 aromatic carbocycles. The monoisotopic (exact) mass is 320 g/mol. The third-order valence-electron chi connectivity index (χ3n) is 4.55. The molecule has 0 spiro atoms. The van der Waals surface area contributed by atoms with E-state index in [1.165, 1.54) is 0 Å². The summed E-state index contributed by atoms with van der Waals surface area (Å²) in [4.78, 5) is 26.0. The Labute approximate surface area is 136 Å². The van der Waals surface area contributed by atoms with Crippen molar-refractivity contribution in [3.05, 3.63) is 23.8 Å². The molecule has 1 aliphatic rings. The van der Waals surface area contributed by atoms with Crippen molar-refractivity contribution in [1.82, 2.24) is 10.2 Å². The molecule has 6 heteroatoms. The molecule has 0 saturated carbocycles. The van der Waals surface area contributed by atoms with Crippen LogP contribution in [-0.2, 0) is 16.1 Å². The third-order valence-corrected chi connectivity index (χ3v) is 4.55. The molecule has 0 aromatic heterocycles. The molecule has 1 aliphatic heterocycles. The number of benzene rings is 1. The number of carbonyl (C=O) groups is 2. The highest BCUT2D eigenvalue weighted by atomic mass is 16.5. The highest BCUT2D eigenvalue weighted by Gasteiger charge is 2.44. The van der Waals surface area contributed by atoms with Gasteiger partial charge in [0.05, 0.1) is 14.2 Å². The number of hydrogen-bond donors (Lipinski definition) is 1. The fourth-order valence-electron chi connectivity index (χ4n) is 2.77. The number of nitrogens with zero attached hydrogens (tertiary/aromatic N) is 1. The molecule has 2 rings (SSSR count). The van der Waals surface area contributed by atoms with E-state index in [1.54, 1.807) is 25.2 Å². The fourth-order valence-corrected chi connectivity index (χ4v) is 2.77. The Kier molecular flexibility index (Phi) is 5.13. The van der Waals surface area contributed by atoms with Gasteiger partial charge in [0.15, 0.2) is 11.5 Å². The molecule has 0 aliphatic carbocycles. The second kappa shape index (κ2) is 6.89. The number of methoxy groups -OCH3 is 2. The van der Waals surface area contributed by atoms with Crippen molar-refractivity contribution in [1.29, 1.82) is 0 Å². The Bertz CT molecular complexity index is 602. The maximum atomic E-state index is 12.6. The van der Waals surface area contributed by atoms with E-state index in [4.69, 9.17) is 9.47 Å². The summed E-state index contributed by atoms with van der Waals surface area (Å²) in [6.07, 6.45) is 1.09. The lowest BCUT2D eigenvalue weighted by Gasteiger charge is -2.44. The third kappa shape index (κ3) is 3.11. The molecule has 0 bridgehead atoms. The van der Waals surface area contributed by atoms with Crippen molar-refractivity contribution in [2.75, 3.05) is 20.8 Å². The number of hydrogen-bond acceptors (Lipinski definition) is 4. The quantitative estimate of drug-likeness (QED) is 0.777. The highest BCUT2D eigenvalue weighted by Crippen LogP contribution is 2.31. The van der Waals surface area contributed by atoms with Gasteiger partial charge in [-0.1, -0.05) is 19.1 Å². The summed E-state index contributed by atoms with van der Waals surface area (Å²) in [6, 6.07) is 5.53. The zero-order valence-corrected chi connectivity index (χ0v) is 14.1. The Balaban J connectivity index is 2.11. The zero-order valence-electron chi connectivity index (χ0n) is 14.1. The van der Waals surface area contributed by atoms with E-state index in [1.807, 2.05) is 26.0 Å². The van der Waals surface area contributed by atoms with Gasteiger partial charge in [0.2, 0.25) is 11.8 Å². The van der Waals surface area contributed by atoms with Gasteiger partial charge in [-0.15, -0.1) is 0 Å². The van der Waals surface area contributed by atoms with Gasteiger partial charge >= 0.3 is 0 Å². The van der Waals surface area contributed by atoms with Gasteiger partial charge < -0.3 is 19.7 Å². The van der Waals surface area contributed by atoms with E-state index in [0.29, 0.717) is 37.4 Å². The first kappa shape index (κ1) is 17.1. The van der Waals surface area contributed by atoms with Crippen LogP contribution >= 0.6 is 0 Å². The van der Waals surface area contributed by atoms with Gasteiger partial charge in [-0.2, -0.15) is 0 Å². The predicted octanol–water partition coefficient (Wildman–Crippen LogP) is 1.72. The summed E-state index contributed by atoms with van der Waals surface area (Å²) in [5.41, 5.74) is 0.0233. The number of carbonyl (C=O) groups excluding carboxylic acids is 2. The van der Waals surface area contributed by atoms with Gasteiger partial charge in [-0.25, -0.2) is 0 Å². The van der Waals surface area contributed by atoms with E-state index in [-0.39, 0.29) is 11.8 Å². The van der Waals surface area contributed by atoms with Crippen LogP contribution in [0.5, 0.6) is 11.5 Å². The first-order valence-electron chi connectivity index (χ1n) is 7.76. The summed E-state index contributed by atoms with van der Waals surface area (Å²) < 4.78 is 10.6. The zero-order chi connectivity index (χ0) is 17.0. The summed E-state index contributed by atoms with van der Waals surface area (Å²) in [5.74, 6) is 1.10. The molecule has 0 radical (unpaired) electrons. The molecule has 23 heavy (non-hydrogen) atoms. The first-order chi connectivity index (χ1) is 11.0. The topological polar surface area (TPSA) is 67.9 Å². The normalized spacial score (nSPS) is 16.3. The van der Waals surface area contributed by atoms with Gasteiger partial charge in [0, 0.05) is 25.1 Å². The van der Waals surface area contributed by atoms with Crippen LogP contribution in [0, 0.1) is 0 Å². The number of β-lactam (4-membered cyclic amide) rings is 1. The number of nitrogens with one attached hydrogen (secondary N) is 1. The first-order valence-corrected chi connectivity index (χ1v) is 7.76. The minimum atomic E-state index is -0.804.